The summed E-state index contributed by atoms with van der Waals surface area (Å²) in [6.45, 7) is 3.37. The molecule has 0 unspecified atom stereocenters. The van der Waals surface area contributed by atoms with Crippen LogP contribution in [-0.2, 0) is 0 Å². The minimum atomic E-state index is 0.749. The van der Waals surface area contributed by atoms with E-state index < -0.39 is 0 Å². The summed E-state index contributed by atoms with van der Waals surface area (Å²) in [5.41, 5.74) is 2.61. The van der Waals surface area contributed by atoms with E-state index in [1.807, 2.05) is 0 Å². The van der Waals surface area contributed by atoms with Gasteiger partial charge in [0, 0.05) is 6.21 Å². The summed E-state index contributed by atoms with van der Waals surface area (Å²) < 4.78 is 0. The lowest BCUT2D eigenvalue weighted by atomic mass is 10.3. The first-order chi connectivity index (χ1) is 3.91. The molecule has 0 bridgehead atoms. The van der Waals surface area contributed by atoms with Gasteiger partial charge in [-0.25, -0.2) is 0 Å². The van der Waals surface area contributed by atoms with E-state index in [4.69, 9.17) is 5.21 Å². The van der Waals surface area contributed by atoms with Crippen molar-refractivity contribution in [2.75, 3.05) is 0 Å². The van der Waals surface area contributed by atoms with Crippen molar-refractivity contribution < 1.29 is 5.21 Å². The highest BCUT2D eigenvalue weighted by Gasteiger charge is 1.72. The van der Waals surface area contributed by atoms with Crippen LogP contribution in [0.15, 0.2) is 23.5 Å². The van der Waals surface area contributed by atoms with E-state index in [-0.39, 0.29) is 0 Å². The maximum Gasteiger partial charge on any atom is 0.0439 e. The van der Waals surface area contributed by atoms with Crippen molar-refractivity contribution in [1.82, 2.24) is 0 Å². The molecule has 0 aromatic rings. The van der Waals surface area contributed by atoms with E-state index in [1.54, 1.807) is 6.08 Å². The molecule has 44 valence electrons. The first-order valence-corrected chi connectivity index (χ1v) is 2.42. The third-order valence-corrected chi connectivity index (χ3v) is 0.666. The van der Waals surface area contributed by atoms with Gasteiger partial charge in [-0.2, -0.15) is 0 Å². The van der Waals surface area contributed by atoms with Crippen molar-refractivity contribution in [3.8, 4) is 0 Å². The SMILES string of the molecule is C=C=CCC/C=N/O. The van der Waals surface area contributed by atoms with Crippen molar-refractivity contribution >= 4 is 6.21 Å². The molecule has 0 saturated heterocycles. The van der Waals surface area contributed by atoms with Crippen molar-refractivity contribution in [2.24, 2.45) is 5.16 Å². The monoisotopic (exact) mass is 111 g/mol. The zero-order chi connectivity index (χ0) is 6.24. The first-order valence-electron chi connectivity index (χ1n) is 2.42. The van der Waals surface area contributed by atoms with Gasteiger partial charge in [-0.1, -0.05) is 6.58 Å². The summed E-state index contributed by atoms with van der Waals surface area (Å²) >= 11 is 0. The van der Waals surface area contributed by atoms with E-state index in [9.17, 15) is 0 Å². The van der Waals surface area contributed by atoms with Gasteiger partial charge in [0.15, 0.2) is 0 Å². The van der Waals surface area contributed by atoms with Crippen LogP contribution >= 0.6 is 0 Å². The van der Waals surface area contributed by atoms with Crippen LogP contribution in [0.1, 0.15) is 12.8 Å². The number of hydrogen-bond donors (Lipinski definition) is 1. The van der Waals surface area contributed by atoms with Crippen LogP contribution in [0.2, 0.25) is 0 Å². The standard InChI is InChI=1S/C6H9NO/c1-2-3-4-5-6-7-8/h3,6,8H,1,4-5H2/b7-6+. The third-order valence-electron chi connectivity index (χ3n) is 0.666. The smallest absolute Gasteiger partial charge is 0.0439 e. The zero-order valence-electron chi connectivity index (χ0n) is 4.67. The van der Waals surface area contributed by atoms with Crippen LogP contribution in [0.4, 0.5) is 0 Å². The highest BCUT2D eigenvalue weighted by molar-refractivity contribution is 5.56. The van der Waals surface area contributed by atoms with Gasteiger partial charge in [0.05, 0.1) is 0 Å². The van der Waals surface area contributed by atoms with Crippen molar-refractivity contribution in [3.05, 3.63) is 18.4 Å². The van der Waals surface area contributed by atoms with E-state index in [0.717, 1.165) is 12.8 Å². The van der Waals surface area contributed by atoms with Crippen LogP contribution in [0, 0.1) is 0 Å². The molecule has 0 aliphatic heterocycles. The molecule has 0 amide bonds. The fourth-order valence-corrected chi connectivity index (χ4v) is 0.318. The molecule has 0 fully saturated rings. The van der Waals surface area contributed by atoms with Gasteiger partial charge in [0.25, 0.3) is 0 Å². The summed E-state index contributed by atoms with van der Waals surface area (Å²) in [7, 11) is 0. The Hall–Kier alpha value is -1.01. The first kappa shape index (κ1) is 6.99. The van der Waals surface area contributed by atoms with E-state index >= 15 is 0 Å². The van der Waals surface area contributed by atoms with Crippen LogP contribution < -0.4 is 0 Å². The highest BCUT2D eigenvalue weighted by Crippen LogP contribution is 1.83. The maximum absolute atomic E-state index is 7.89. The number of unbranched alkanes of at least 4 members (excludes halogenated alkanes) is 1. The van der Waals surface area contributed by atoms with Gasteiger partial charge in [-0.15, -0.1) is 10.9 Å². The predicted octanol–water partition coefficient (Wildman–Crippen LogP) is 1.57. The zero-order valence-corrected chi connectivity index (χ0v) is 4.67. The number of nitrogens with zero attached hydrogens (tertiary/aromatic N) is 1. The Morgan fingerprint density at radius 3 is 2.88 bits per heavy atom. The highest BCUT2D eigenvalue weighted by atomic mass is 16.4. The van der Waals surface area contributed by atoms with Crippen LogP contribution in [-0.4, -0.2) is 11.4 Å². The maximum atomic E-state index is 7.89. The second-order valence-electron chi connectivity index (χ2n) is 1.28. The quantitative estimate of drug-likeness (QED) is 0.194. The summed E-state index contributed by atoms with van der Waals surface area (Å²) in [5, 5.41) is 10.7. The molecular formula is C6H9NO. The fourth-order valence-electron chi connectivity index (χ4n) is 0.318. The summed E-state index contributed by atoms with van der Waals surface area (Å²) in [4.78, 5) is 0. The normalized spacial score (nSPS) is 9.00. The average Bonchev–Trinajstić information content (AvgIpc) is 1.81. The van der Waals surface area contributed by atoms with E-state index in [1.165, 1.54) is 6.21 Å². The minimum Gasteiger partial charge on any atom is -0.411 e. The Balaban J connectivity index is 3.05. The van der Waals surface area contributed by atoms with Gasteiger partial charge in [-0.05, 0) is 18.9 Å². The molecule has 2 nitrogen and oxygen atoms in total. The molecule has 0 spiro atoms. The largest absolute Gasteiger partial charge is 0.411 e. The molecule has 0 aromatic heterocycles. The molecule has 0 heterocycles. The molecular weight excluding hydrogens is 102 g/mol. The fraction of sp³-hybridized carbons (Fsp3) is 0.333. The molecule has 0 radical (unpaired) electrons. The van der Waals surface area contributed by atoms with Crippen molar-refractivity contribution in [2.45, 2.75) is 12.8 Å². The Kier molecular flexibility index (Phi) is 5.23. The van der Waals surface area contributed by atoms with Crippen LogP contribution in [0.3, 0.4) is 0 Å². The molecule has 0 saturated carbocycles. The molecule has 0 aliphatic rings. The van der Waals surface area contributed by atoms with Crippen LogP contribution in [0.5, 0.6) is 0 Å². The lowest BCUT2D eigenvalue weighted by Crippen LogP contribution is -1.70. The Labute approximate surface area is 48.8 Å². The predicted molar refractivity (Wildman–Crippen MR) is 33.2 cm³/mol. The average molecular weight is 111 g/mol. The molecule has 8 heavy (non-hydrogen) atoms. The molecule has 0 atom stereocenters. The van der Waals surface area contributed by atoms with Gasteiger partial charge < -0.3 is 5.21 Å². The molecule has 2 heteroatoms. The van der Waals surface area contributed by atoms with Gasteiger partial charge in [0.2, 0.25) is 0 Å². The number of allylic oxidation sites excluding steroid dienone is 1. The Bertz CT molecular complexity index is 112. The second-order valence-corrected chi connectivity index (χ2v) is 1.28. The molecule has 0 aliphatic carbocycles. The van der Waals surface area contributed by atoms with Gasteiger partial charge in [-0.3, -0.25) is 0 Å². The third kappa shape index (κ3) is 4.99. The Morgan fingerprint density at radius 2 is 2.38 bits per heavy atom. The summed E-state index contributed by atoms with van der Waals surface area (Å²) in [6, 6.07) is 0. The Morgan fingerprint density at radius 1 is 1.62 bits per heavy atom. The molecule has 0 aromatic carbocycles. The number of oxime groups is 1. The number of hydrogen-bond acceptors (Lipinski definition) is 2. The second kappa shape index (κ2) is 5.99. The molecule has 1 N–H and O–H groups in total. The van der Waals surface area contributed by atoms with E-state index in [2.05, 4.69) is 17.5 Å². The van der Waals surface area contributed by atoms with Gasteiger partial charge in [0.1, 0.15) is 0 Å². The number of rotatable bonds is 3. The van der Waals surface area contributed by atoms with Crippen molar-refractivity contribution in [3.63, 3.8) is 0 Å². The lowest BCUT2D eigenvalue weighted by molar-refractivity contribution is 0.320. The van der Waals surface area contributed by atoms with Crippen LogP contribution in [0.25, 0.3) is 0 Å². The van der Waals surface area contributed by atoms with E-state index in [0.29, 0.717) is 0 Å². The summed E-state index contributed by atoms with van der Waals surface area (Å²) in [6.07, 6.45) is 4.82. The topological polar surface area (TPSA) is 32.6 Å². The van der Waals surface area contributed by atoms with Crippen molar-refractivity contribution in [1.29, 1.82) is 0 Å². The summed E-state index contributed by atoms with van der Waals surface area (Å²) in [5.74, 6) is 0. The minimum absolute atomic E-state index is 0.749. The lowest BCUT2D eigenvalue weighted by Gasteiger charge is -1.77. The van der Waals surface area contributed by atoms with Gasteiger partial charge >= 0.3 is 0 Å². The molecule has 0 rings (SSSR count).